The molecule has 0 saturated heterocycles. The molecule has 0 aromatic carbocycles. The Morgan fingerprint density at radius 3 is 2.79 bits per heavy atom. The largest absolute Gasteiger partial charge is 0.298 e. The van der Waals surface area contributed by atoms with Crippen LogP contribution in [0.1, 0.15) is 38.6 Å². The van der Waals surface area contributed by atoms with Crippen LogP contribution in [0.3, 0.4) is 0 Å². The predicted octanol–water partition coefficient (Wildman–Crippen LogP) is 2.31. The minimum absolute atomic E-state index is 0.128. The molecule has 2 heterocycles. The summed E-state index contributed by atoms with van der Waals surface area (Å²) in [5.41, 5.74) is 1.33. The van der Waals surface area contributed by atoms with E-state index in [1.165, 1.54) is 11.3 Å². The Bertz CT molecular complexity index is 637. The lowest BCUT2D eigenvalue weighted by Crippen LogP contribution is -2.11. The van der Waals surface area contributed by atoms with E-state index in [2.05, 4.69) is 15.3 Å². The molecule has 0 fully saturated rings. The number of anilines is 1. The number of aryl methyl sites for hydroxylation is 1. The summed E-state index contributed by atoms with van der Waals surface area (Å²) in [6.45, 7) is 0. The maximum atomic E-state index is 12.0. The van der Waals surface area contributed by atoms with E-state index in [0.717, 1.165) is 18.5 Å². The number of amides is 1. The van der Waals surface area contributed by atoms with E-state index in [-0.39, 0.29) is 11.7 Å². The summed E-state index contributed by atoms with van der Waals surface area (Å²) < 4.78 is 0. The van der Waals surface area contributed by atoms with Crippen molar-refractivity contribution in [2.75, 3.05) is 5.32 Å². The van der Waals surface area contributed by atoms with Crippen molar-refractivity contribution in [1.29, 1.82) is 0 Å². The van der Waals surface area contributed by atoms with Gasteiger partial charge in [0.25, 0.3) is 5.91 Å². The van der Waals surface area contributed by atoms with Gasteiger partial charge in [0.2, 0.25) is 0 Å². The SMILES string of the molecule is O=C(Nc1nc2c(s1)C(=O)CCC2)c1ccncc1. The Balaban J connectivity index is 1.81. The van der Waals surface area contributed by atoms with Crippen LogP contribution in [0.5, 0.6) is 0 Å². The second-order valence-electron chi connectivity index (χ2n) is 4.26. The van der Waals surface area contributed by atoms with Crippen molar-refractivity contribution in [1.82, 2.24) is 9.97 Å². The van der Waals surface area contributed by atoms with Gasteiger partial charge in [-0.15, -0.1) is 0 Å². The molecule has 1 aliphatic carbocycles. The fraction of sp³-hybridized carbons (Fsp3) is 0.231. The zero-order chi connectivity index (χ0) is 13.2. The number of pyridine rings is 1. The molecule has 0 spiro atoms. The van der Waals surface area contributed by atoms with Gasteiger partial charge in [-0.25, -0.2) is 4.98 Å². The van der Waals surface area contributed by atoms with Crippen LogP contribution in [-0.4, -0.2) is 21.7 Å². The molecule has 0 saturated carbocycles. The molecule has 2 aromatic heterocycles. The van der Waals surface area contributed by atoms with Crippen LogP contribution in [0.4, 0.5) is 5.13 Å². The van der Waals surface area contributed by atoms with Gasteiger partial charge in [-0.05, 0) is 25.0 Å². The van der Waals surface area contributed by atoms with Gasteiger partial charge in [-0.2, -0.15) is 0 Å². The Labute approximate surface area is 113 Å². The molecule has 3 rings (SSSR count). The maximum Gasteiger partial charge on any atom is 0.257 e. The van der Waals surface area contributed by atoms with Gasteiger partial charge in [0.15, 0.2) is 10.9 Å². The van der Waals surface area contributed by atoms with Crippen LogP contribution in [0.15, 0.2) is 24.5 Å². The lowest BCUT2D eigenvalue weighted by Gasteiger charge is -2.05. The number of carbonyl (C=O) groups is 2. The fourth-order valence-corrected chi connectivity index (χ4v) is 2.97. The normalized spacial score (nSPS) is 14.0. The van der Waals surface area contributed by atoms with E-state index in [1.807, 2.05) is 0 Å². The summed E-state index contributed by atoms with van der Waals surface area (Å²) in [5, 5.41) is 3.21. The highest BCUT2D eigenvalue weighted by Gasteiger charge is 2.22. The monoisotopic (exact) mass is 273 g/mol. The standard InChI is InChI=1S/C13H11N3O2S/c17-10-3-1-2-9-11(10)19-13(15-9)16-12(18)8-4-6-14-7-5-8/h4-7H,1-3H2,(H,15,16,18). The molecule has 19 heavy (non-hydrogen) atoms. The third kappa shape index (κ3) is 2.39. The molecule has 96 valence electrons. The van der Waals surface area contributed by atoms with Crippen molar-refractivity contribution in [3.8, 4) is 0 Å². The number of carbonyl (C=O) groups excluding carboxylic acids is 2. The lowest BCUT2D eigenvalue weighted by atomic mass is 10.0. The van der Waals surface area contributed by atoms with Gasteiger partial charge in [0, 0.05) is 24.4 Å². The van der Waals surface area contributed by atoms with Crippen LogP contribution >= 0.6 is 11.3 Å². The van der Waals surface area contributed by atoms with Crippen molar-refractivity contribution < 1.29 is 9.59 Å². The van der Waals surface area contributed by atoms with E-state index in [1.54, 1.807) is 24.5 Å². The van der Waals surface area contributed by atoms with Crippen molar-refractivity contribution in [3.05, 3.63) is 40.7 Å². The number of hydrogen-bond donors (Lipinski definition) is 1. The van der Waals surface area contributed by atoms with E-state index in [9.17, 15) is 9.59 Å². The van der Waals surface area contributed by atoms with Gasteiger partial charge < -0.3 is 0 Å². The van der Waals surface area contributed by atoms with Crippen LogP contribution in [0.25, 0.3) is 0 Å². The Hall–Kier alpha value is -2.08. The quantitative estimate of drug-likeness (QED) is 0.911. The van der Waals surface area contributed by atoms with E-state index < -0.39 is 0 Å². The van der Waals surface area contributed by atoms with Crippen molar-refractivity contribution in [2.24, 2.45) is 0 Å². The average molecular weight is 273 g/mol. The van der Waals surface area contributed by atoms with Crippen LogP contribution in [0.2, 0.25) is 0 Å². The molecule has 0 radical (unpaired) electrons. The smallest absolute Gasteiger partial charge is 0.257 e. The number of Topliss-reactive ketones (excluding diaryl/α,β-unsaturated/α-hetero) is 1. The molecular weight excluding hydrogens is 262 g/mol. The van der Waals surface area contributed by atoms with Crippen LogP contribution in [0, 0.1) is 0 Å². The number of fused-ring (bicyclic) bond motifs is 1. The number of nitrogens with zero attached hydrogens (tertiary/aromatic N) is 2. The minimum atomic E-state index is -0.235. The van der Waals surface area contributed by atoms with Crippen molar-refractivity contribution >= 4 is 28.2 Å². The lowest BCUT2D eigenvalue weighted by molar-refractivity contribution is 0.0975. The van der Waals surface area contributed by atoms with Gasteiger partial charge in [-0.3, -0.25) is 19.9 Å². The van der Waals surface area contributed by atoms with Gasteiger partial charge in [0.1, 0.15) is 0 Å². The fourth-order valence-electron chi connectivity index (χ4n) is 2.00. The molecule has 0 aliphatic heterocycles. The first-order valence-corrected chi connectivity index (χ1v) is 6.80. The van der Waals surface area contributed by atoms with Gasteiger partial charge in [0.05, 0.1) is 10.6 Å². The first-order valence-electron chi connectivity index (χ1n) is 5.98. The van der Waals surface area contributed by atoms with Crippen molar-refractivity contribution in [2.45, 2.75) is 19.3 Å². The molecule has 5 nitrogen and oxygen atoms in total. The molecule has 0 atom stereocenters. The van der Waals surface area contributed by atoms with E-state index >= 15 is 0 Å². The summed E-state index contributed by atoms with van der Waals surface area (Å²) in [4.78, 5) is 32.5. The molecule has 1 N–H and O–H groups in total. The first-order chi connectivity index (χ1) is 9.24. The number of nitrogens with one attached hydrogen (secondary N) is 1. The molecule has 0 bridgehead atoms. The molecule has 0 unspecified atom stereocenters. The Morgan fingerprint density at radius 1 is 1.26 bits per heavy atom. The second kappa shape index (κ2) is 4.89. The topological polar surface area (TPSA) is 72.0 Å². The molecule has 2 aromatic rings. The van der Waals surface area contributed by atoms with Gasteiger partial charge in [-0.1, -0.05) is 11.3 Å². The summed E-state index contributed by atoms with van der Waals surface area (Å²) in [5.74, 6) is -0.107. The van der Waals surface area contributed by atoms with Crippen molar-refractivity contribution in [3.63, 3.8) is 0 Å². The highest BCUT2D eigenvalue weighted by molar-refractivity contribution is 7.17. The molecular formula is C13H11N3O2S. The zero-order valence-electron chi connectivity index (χ0n) is 10.0. The van der Waals surface area contributed by atoms with Gasteiger partial charge >= 0.3 is 0 Å². The average Bonchev–Trinajstić information content (AvgIpc) is 2.84. The zero-order valence-corrected chi connectivity index (χ0v) is 10.9. The highest BCUT2D eigenvalue weighted by atomic mass is 32.1. The minimum Gasteiger partial charge on any atom is -0.298 e. The summed E-state index contributed by atoms with van der Waals surface area (Å²) in [6.07, 6.45) is 5.35. The highest BCUT2D eigenvalue weighted by Crippen LogP contribution is 2.29. The third-order valence-corrected chi connectivity index (χ3v) is 3.99. The molecule has 1 aliphatic rings. The maximum absolute atomic E-state index is 12.0. The van der Waals surface area contributed by atoms with E-state index in [4.69, 9.17) is 0 Å². The summed E-state index contributed by atoms with van der Waals surface area (Å²) >= 11 is 1.26. The van der Waals surface area contributed by atoms with Crippen LogP contribution in [-0.2, 0) is 6.42 Å². The van der Waals surface area contributed by atoms with E-state index in [0.29, 0.717) is 22.0 Å². The molecule has 1 amide bonds. The number of rotatable bonds is 2. The Morgan fingerprint density at radius 2 is 2.05 bits per heavy atom. The number of aromatic nitrogens is 2. The second-order valence-corrected chi connectivity index (χ2v) is 5.26. The van der Waals surface area contributed by atoms with Crippen LogP contribution < -0.4 is 5.32 Å². The summed E-state index contributed by atoms with van der Waals surface area (Å²) in [6, 6.07) is 3.27. The number of hydrogen-bond acceptors (Lipinski definition) is 5. The third-order valence-electron chi connectivity index (χ3n) is 2.93. The predicted molar refractivity (Wildman–Crippen MR) is 71.6 cm³/mol. The Kier molecular flexibility index (Phi) is 3.08. The number of ketones is 1. The first kappa shape index (κ1) is 12.0. The number of thiazole rings is 1. The summed E-state index contributed by atoms with van der Waals surface area (Å²) in [7, 11) is 0. The molecule has 6 heteroatoms.